The second kappa shape index (κ2) is 26.9. The monoisotopic (exact) mass is 780 g/mol. The molecule has 0 heterocycles. The minimum absolute atomic E-state index is 0.0614. The van der Waals surface area contributed by atoms with Crippen LogP contribution in [0.15, 0.2) is 48.5 Å². The van der Waals surface area contributed by atoms with Crippen LogP contribution in [0.25, 0.3) is 11.1 Å². The van der Waals surface area contributed by atoms with Crippen LogP contribution in [0.4, 0.5) is 5.69 Å². The third-order valence-corrected chi connectivity index (χ3v) is 9.64. The Morgan fingerprint density at radius 1 is 0.732 bits per heavy atom. The molecule has 2 aromatic rings. The highest BCUT2D eigenvalue weighted by atomic mass is 16.4. The molecule has 0 aromatic heterocycles. The second-order valence-corrected chi connectivity index (χ2v) is 14.4. The van der Waals surface area contributed by atoms with Crippen molar-refractivity contribution in [2.45, 2.75) is 129 Å². The van der Waals surface area contributed by atoms with Gasteiger partial charge in [0.05, 0.1) is 6.04 Å². The summed E-state index contributed by atoms with van der Waals surface area (Å²) in [6, 6.07) is 11.6. The van der Waals surface area contributed by atoms with Gasteiger partial charge in [-0.05, 0) is 73.5 Å². The Balaban J connectivity index is 2.07. The van der Waals surface area contributed by atoms with E-state index in [2.05, 4.69) is 40.4 Å². The fourth-order valence-electron chi connectivity index (χ4n) is 6.30. The number of hydrogen-bond donors (Lipinski definition) is 8. The van der Waals surface area contributed by atoms with Gasteiger partial charge in [0.2, 0.25) is 23.6 Å². The number of rotatable bonds is 29. The third kappa shape index (κ3) is 19.7. The van der Waals surface area contributed by atoms with Crippen LogP contribution in [0, 0.1) is 5.92 Å². The third-order valence-electron chi connectivity index (χ3n) is 9.64. The molecule has 2 rings (SSSR count). The lowest BCUT2D eigenvalue weighted by Gasteiger charge is -2.22. The molecule has 0 spiro atoms. The Kier molecular flexibility index (Phi) is 22.7. The SMILES string of the molecule is CCCCCCCC[C@H](CC)CNCC[C@H](N)C(=O)N[C@H](Cc1cccc(-c2ccc(NC(C)=O)cc2)c1)C(=O)NCC[C@@H](NC(=O)CCCC(=O)O)C(=O)O. The second-order valence-electron chi connectivity index (χ2n) is 14.4. The first-order valence-electron chi connectivity index (χ1n) is 20.1. The van der Waals surface area contributed by atoms with Gasteiger partial charge in [-0.25, -0.2) is 4.79 Å². The molecular weight excluding hydrogens is 716 g/mol. The first-order valence-corrected chi connectivity index (χ1v) is 20.1. The smallest absolute Gasteiger partial charge is 0.326 e. The highest BCUT2D eigenvalue weighted by Crippen LogP contribution is 2.23. The van der Waals surface area contributed by atoms with Crippen LogP contribution in [0.1, 0.15) is 110 Å². The van der Waals surface area contributed by atoms with Crippen molar-refractivity contribution >= 4 is 41.3 Å². The number of benzene rings is 2. The average Bonchev–Trinajstić information content (AvgIpc) is 3.16. The van der Waals surface area contributed by atoms with Crippen molar-refractivity contribution < 1.29 is 39.0 Å². The maximum absolute atomic E-state index is 13.6. The Morgan fingerprint density at radius 3 is 2.11 bits per heavy atom. The van der Waals surface area contributed by atoms with E-state index in [1.807, 2.05) is 36.4 Å². The van der Waals surface area contributed by atoms with Gasteiger partial charge in [-0.15, -0.1) is 0 Å². The molecule has 0 unspecified atom stereocenters. The van der Waals surface area contributed by atoms with E-state index in [-0.39, 0.29) is 44.6 Å². The Morgan fingerprint density at radius 2 is 1.45 bits per heavy atom. The van der Waals surface area contributed by atoms with Crippen LogP contribution in [0.5, 0.6) is 0 Å². The number of nitrogens with one attached hydrogen (secondary N) is 5. The van der Waals surface area contributed by atoms with E-state index in [9.17, 15) is 33.9 Å². The zero-order chi connectivity index (χ0) is 41.3. The summed E-state index contributed by atoms with van der Waals surface area (Å²) < 4.78 is 0. The molecule has 0 bridgehead atoms. The Bertz CT molecular complexity index is 1540. The summed E-state index contributed by atoms with van der Waals surface area (Å²) in [7, 11) is 0. The van der Waals surface area contributed by atoms with Crippen LogP contribution >= 0.6 is 0 Å². The maximum Gasteiger partial charge on any atom is 0.326 e. The molecule has 4 amide bonds. The number of carbonyl (C=O) groups is 6. The minimum Gasteiger partial charge on any atom is -0.481 e. The number of nitrogens with two attached hydrogens (primary N) is 1. The largest absolute Gasteiger partial charge is 0.481 e. The van der Waals surface area contributed by atoms with Crippen LogP contribution < -0.4 is 32.3 Å². The van der Waals surface area contributed by atoms with Crippen molar-refractivity contribution in [3.05, 3.63) is 54.1 Å². The number of hydrogen-bond acceptors (Lipinski definition) is 8. The lowest BCUT2D eigenvalue weighted by Crippen LogP contribution is -2.53. The molecule has 9 N–H and O–H groups in total. The van der Waals surface area contributed by atoms with Crippen LogP contribution in [0.3, 0.4) is 0 Å². The maximum atomic E-state index is 13.6. The zero-order valence-corrected chi connectivity index (χ0v) is 33.4. The van der Waals surface area contributed by atoms with Crippen molar-refractivity contribution in [2.24, 2.45) is 11.7 Å². The molecule has 56 heavy (non-hydrogen) atoms. The Hall–Kier alpha value is -4.82. The van der Waals surface area contributed by atoms with Crippen molar-refractivity contribution in [2.75, 3.05) is 25.0 Å². The predicted molar refractivity (Wildman–Crippen MR) is 218 cm³/mol. The average molecular weight is 781 g/mol. The summed E-state index contributed by atoms with van der Waals surface area (Å²) in [4.78, 5) is 73.2. The van der Waals surface area contributed by atoms with Crippen LogP contribution in [-0.2, 0) is 35.2 Å². The van der Waals surface area contributed by atoms with Gasteiger partial charge in [0, 0.05) is 38.4 Å². The molecule has 0 radical (unpaired) electrons. The van der Waals surface area contributed by atoms with E-state index in [4.69, 9.17) is 10.8 Å². The summed E-state index contributed by atoms with van der Waals surface area (Å²) in [6.45, 7) is 7.11. The Labute approximate surface area is 331 Å². The minimum atomic E-state index is -1.31. The molecule has 2 aromatic carbocycles. The van der Waals surface area contributed by atoms with E-state index in [0.717, 1.165) is 36.1 Å². The normalized spacial score (nSPS) is 13.1. The lowest BCUT2D eigenvalue weighted by molar-refractivity contribution is -0.142. The summed E-state index contributed by atoms with van der Waals surface area (Å²) >= 11 is 0. The van der Waals surface area contributed by atoms with Gasteiger partial charge in [0.25, 0.3) is 0 Å². The van der Waals surface area contributed by atoms with Crippen molar-refractivity contribution in [3.63, 3.8) is 0 Å². The van der Waals surface area contributed by atoms with Crippen molar-refractivity contribution in [1.82, 2.24) is 21.3 Å². The lowest BCUT2D eigenvalue weighted by atomic mass is 9.97. The number of unbranched alkanes of at least 4 members (excludes halogenated alkanes) is 5. The van der Waals surface area contributed by atoms with Gasteiger partial charge < -0.3 is 42.5 Å². The standard InChI is InChI=1S/C42H64N6O8/c1-4-6-7-8-9-10-13-30(5-2)28-44-24-22-35(43)40(53)48-37(41(54)45-25-23-36(42(55)56)47-38(50)16-12-17-39(51)52)27-31-14-11-15-33(26-31)32-18-20-34(21-19-32)46-29(3)49/h11,14-15,18-21,26,30,35-37,44H,4-10,12-13,16-17,22-25,27-28,43H2,1-3H3,(H,45,54)(H,46,49)(H,47,50)(H,48,53)(H,51,52)(H,55,56)/t30-,35-,36+,37+/m0/s1. The van der Waals surface area contributed by atoms with E-state index in [0.29, 0.717) is 24.6 Å². The molecule has 0 aliphatic heterocycles. The van der Waals surface area contributed by atoms with Gasteiger partial charge in [-0.2, -0.15) is 0 Å². The topological polar surface area (TPSA) is 229 Å². The first kappa shape index (κ1) is 47.3. The van der Waals surface area contributed by atoms with E-state index < -0.39 is 47.8 Å². The summed E-state index contributed by atoms with van der Waals surface area (Å²) in [5.74, 6) is -3.63. The first-order chi connectivity index (χ1) is 26.8. The molecule has 14 nitrogen and oxygen atoms in total. The quantitative estimate of drug-likeness (QED) is 0.0528. The van der Waals surface area contributed by atoms with Gasteiger partial charge in [-0.3, -0.25) is 24.0 Å². The molecule has 0 aliphatic rings. The molecule has 310 valence electrons. The zero-order valence-electron chi connectivity index (χ0n) is 33.4. The highest BCUT2D eigenvalue weighted by molar-refractivity contribution is 5.90. The molecule has 4 atom stereocenters. The molecule has 0 saturated carbocycles. The highest BCUT2D eigenvalue weighted by Gasteiger charge is 2.26. The van der Waals surface area contributed by atoms with Gasteiger partial charge in [0.15, 0.2) is 0 Å². The van der Waals surface area contributed by atoms with E-state index in [1.54, 1.807) is 12.1 Å². The number of anilines is 1. The summed E-state index contributed by atoms with van der Waals surface area (Å²) in [5, 5.41) is 32.5. The molecule has 0 saturated heterocycles. The number of carbonyl (C=O) groups excluding carboxylic acids is 4. The summed E-state index contributed by atoms with van der Waals surface area (Å²) in [5.41, 5.74) is 9.45. The molecule has 14 heteroatoms. The molecular formula is C42H64N6O8. The van der Waals surface area contributed by atoms with Crippen molar-refractivity contribution in [1.29, 1.82) is 0 Å². The number of amides is 4. The van der Waals surface area contributed by atoms with Gasteiger partial charge in [0.1, 0.15) is 12.1 Å². The van der Waals surface area contributed by atoms with Crippen LogP contribution in [0.2, 0.25) is 0 Å². The molecule has 0 fully saturated rings. The van der Waals surface area contributed by atoms with Crippen molar-refractivity contribution in [3.8, 4) is 11.1 Å². The fraction of sp³-hybridized carbons (Fsp3) is 0.571. The number of aliphatic carboxylic acids is 2. The number of carboxylic acid groups (broad SMARTS) is 2. The van der Waals surface area contributed by atoms with E-state index in [1.165, 1.54) is 45.4 Å². The fourth-order valence-corrected chi connectivity index (χ4v) is 6.30. The van der Waals surface area contributed by atoms with Gasteiger partial charge >= 0.3 is 11.9 Å². The number of carboxylic acids is 2. The predicted octanol–water partition coefficient (Wildman–Crippen LogP) is 4.75. The van der Waals surface area contributed by atoms with Gasteiger partial charge in [-0.1, -0.05) is 95.2 Å². The van der Waals surface area contributed by atoms with Crippen LogP contribution in [-0.4, -0.2) is 83.5 Å². The molecule has 0 aliphatic carbocycles. The summed E-state index contributed by atoms with van der Waals surface area (Å²) in [6.07, 6.45) is 9.82. The van der Waals surface area contributed by atoms with E-state index >= 15 is 0 Å².